The highest BCUT2D eigenvalue weighted by molar-refractivity contribution is 7.91. The average Bonchev–Trinajstić information content (AvgIpc) is 2.90. The minimum atomic E-state index is -3.95. The second-order valence-corrected chi connectivity index (χ2v) is 12.8. The number of nitrogens with two attached hydrogens (primary N) is 1. The predicted octanol–water partition coefficient (Wildman–Crippen LogP) is 5.44. The molecule has 0 aliphatic rings. The van der Waals surface area contributed by atoms with Crippen LogP contribution in [-0.2, 0) is 25.7 Å². The van der Waals surface area contributed by atoms with Crippen molar-refractivity contribution in [3.05, 3.63) is 88.4 Å². The van der Waals surface area contributed by atoms with Crippen LogP contribution in [0.4, 0.5) is 10.5 Å². The lowest BCUT2D eigenvalue weighted by atomic mass is 10.1. The van der Waals surface area contributed by atoms with E-state index in [0.717, 1.165) is 5.56 Å². The van der Waals surface area contributed by atoms with Gasteiger partial charge in [0, 0.05) is 17.3 Å². The molecule has 3 rings (SSSR count). The predicted molar refractivity (Wildman–Crippen MR) is 157 cm³/mol. The minimum Gasteiger partial charge on any atom is -0.462 e. The number of esters is 1. The first-order valence-corrected chi connectivity index (χ1v) is 14.9. The smallest absolute Gasteiger partial charge is 0.410 e. The van der Waals surface area contributed by atoms with Crippen LogP contribution in [0, 0.1) is 0 Å². The van der Waals surface area contributed by atoms with Crippen LogP contribution < -0.4 is 5.73 Å². The molecule has 0 saturated heterocycles. The second-order valence-electron chi connectivity index (χ2n) is 10.4. The van der Waals surface area contributed by atoms with Gasteiger partial charge in [-0.1, -0.05) is 35.9 Å². The summed E-state index contributed by atoms with van der Waals surface area (Å²) >= 11 is 6.06. The highest BCUT2D eigenvalue weighted by Gasteiger charge is 2.25. The summed E-state index contributed by atoms with van der Waals surface area (Å²) in [4.78, 5) is 26.5. The molecule has 41 heavy (non-hydrogen) atoms. The van der Waals surface area contributed by atoms with Gasteiger partial charge in [-0.15, -0.1) is 0 Å². The van der Waals surface area contributed by atoms with Gasteiger partial charge >= 0.3 is 12.1 Å². The largest absolute Gasteiger partial charge is 0.462 e. The number of amides is 1. The molecule has 1 atom stereocenters. The number of nitrogen functional groups attached to an aromatic ring is 1. The van der Waals surface area contributed by atoms with Crippen LogP contribution in [0.5, 0.6) is 0 Å². The number of hydrogen-bond acceptors (Lipinski definition) is 8. The van der Waals surface area contributed by atoms with Crippen molar-refractivity contribution in [3.63, 3.8) is 0 Å². The van der Waals surface area contributed by atoms with E-state index in [1.54, 1.807) is 64.1 Å². The number of aliphatic hydroxyl groups excluding tert-OH is 1. The number of hydrogen-bond donors (Lipinski definition) is 2. The monoisotopic (exact) mass is 602 g/mol. The molecule has 0 unspecified atom stereocenters. The maximum absolute atomic E-state index is 13.3. The Balaban J connectivity index is 1.77. The van der Waals surface area contributed by atoms with Crippen molar-refractivity contribution in [1.29, 1.82) is 0 Å². The first kappa shape index (κ1) is 31.9. The molecule has 3 aromatic carbocycles. The third-order valence-corrected chi connectivity index (χ3v) is 8.02. The Hall–Kier alpha value is -3.60. The van der Waals surface area contributed by atoms with E-state index in [-0.39, 0.29) is 40.7 Å². The first-order valence-electron chi connectivity index (χ1n) is 13.0. The van der Waals surface area contributed by atoms with Crippen molar-refractivity contribution in [2.75, 3.05) is 25.4 Å². The number of benzene rings is 3. The molecule has 0 spiro atoms. The van der Waals surface area contributed by atoms with Crippen LogP contribution >= 0.6 is 11.6 Å². The van der Waals surface area contributed by atoms with Gasteiger partial charge in [-0.2, -0.15) is 0 Å². The van der Waals surface area contributed by atoms with E-state index in [4.69, 9.17) is 26.8 Å². The Labute approximate surface area is 245 Å². The zero-order valence-corrected chi connectivity index (χ0v) is 25.0. The number of carbonyl (C=O) groups excluding carboxylic acids is 2. The van der Waals surface area contributed by atoms with Crippen LogP contribution in [-0.4, -0.2) is 55.8 Å². The van der Waals surface area contributed by atoms with Crippen molar-refractivity contribution in [2.24, 2.45) is 0 Å². The molecular weight excluding hydrogens is 568 g/mol. The molecule has 220 valence electrons. The molecular formula is C30H35ClN2O7S. The Morgan fingerprint density at radius 2 is 1.68 bits per heavy atom. The van der Waals surface area contributed by atoms with Crippen molar-refractivity contribution < 1.29 is 32.6 Å². The highest BCUT2D eigenvalue weighted by atomic mass is 35.5. The van der Waals surface area contributed by atoms with Gasteiger partial charge in [0.25, 0.3) is 0 Å². The molecule has 3 aromatic rings. The molecule has 11 heteroatoms. The Morgan fingerprint density at radius 3 is 2.29 bits per heavy atom. The summed E-state index contributed by atoms with van der Waals surface area (Å²) < 4.78 is 37.0. The molecule has 0 saturated carbocycles. The number of rotatable bonds is 10. The van der Waals surface area contributed by atoms with Gasteiger partial charge in [0.05, 0.1) is 34.6 Å². The number of halogens is 1. The van der Waals surface area contributed by atoms with E-state index in [9.17, 15) is 23.1 Å². The van der Waals surface area contributed by atoms with E-state index in [1.165, 1.54) is 35.2 Å². The quantitative estimate of drug-likeness (QED) is 0.231. The second kappa shape index (κ2) is 13.4. The van der Waals surface area contributed by atoms with Gasteiger partial charge < -0.3 is 25.2 Å². The maximum Gasteiger partial charge on any atom is 0.410 e. The zero-order valence-electron chi connectivity index (χ0n) is 23.5. The molecule has 3 N–H and O–H groups in total. The van der Waals surface area contributed by atoms with Crippen LogP contribution in [0.1, 0.15) is 55.3 Å². The van der Waals surface area contributed by atoms with Crippen LogP contribution in [0.2, 0.25) is 5.02 Å². The maximum atomic E-state index is 13.3. The number of ether oxygens (including phenoxy) is 2. The molecule has 0 bridgehead atoms. The third kappa shape index (κ3) is 8.69. The number of sulfone groups is 1. The molecule has 0 aliphatic carbocycles. The molecule has 0 aromatic heterocycles. The Bertz CT molecular complexity index is 1490. The average molecular weight is 603 g/mol. The highest BCUT2D eigenvalue weighted by Crippen LogP contribution is 2.26. The first-order chi connectivity index (χ1) is 19.2. The fourth-order valence-corrected chi connectivity index (χ4v) is 5.42. The summed E-state index contributed by atoms with van der Waals surface area (Å²) in [6, 6.07) is 16.9. The van der Waals surface area contributed by atoms with Crippen molar-refractivity contribution >= 4 is 39.2 Å². The van der Waals surface area contributed by atoms with Gasteiger partial charge in [0.2, 0.25) is 9.84 Å². The summed E-state index contributed by atoms with van der Waals surface area (Å²) in [5.74, 6) is -0.701. The lowest BCUT2D eigenvalue weighted by molar-refractivity contribution is 0.0147. The van der Waals surface area contributed by atoms with Gasteiger partial charge in [-0.3, -0.25) is 0 Å². The van der Waals surface area contributed by atoms with Crippen molar-refractivity contribution in [3.8, 4) is 0 Å². The summed E-state index contributed by atoms with van der Waals surface area (Å²) in [5.41, 5.74) is 6.54. The summed E-state index contributed by atoms with van der Waals surface area (Å²) in [6.45, 7) is 7.22. The van der Waals surface area contributed by atoms with Gasteiger partial charge in [-0.05, 0) is 87.7 Å². The van der Waals surface area contributed by atoms with Crippen LogP contribution in [0.25, 0.3) is 0 Å². The number of carbonyl (C=O) groups is 2. The normalized spacial score (nSPS) is 12.4. The Morgan fingerprint density at radius 1 is 1.02 bits per heavy atom. The van der Waals surface area contributed by atoms with E-state index >= 15 is 0 Å². The molecule has 9 nitrogen and oxygen atoms in total. The SMILES string of the molecule is CCOC(=O)c1cc(S(=O)(=O)c2ccc(CCN(C[C@H](O)c3cccc(Cl)c3)C(=O)OC(C)(C)C)cc2)ccc1N. The minimum absolute atomic E-state index is 0.0215. The molecule has 0 aliphatic heterocycles. The summed E-state index contributed by atoms with van der Waals surface area (Å²) in [5, 5.41) is 11.3. The van der Waals surface area contributed by atoms with Crippen molar-refractivity contribution in [1.82, 2.24) is 4.90 Å². The fourth-order valence-electron chi connectivity index (χ4n) is 3.94. The zero-order chi connectivity index (χ0) is 30.4. The van der Waals surface area contributed by atoms with E-state index in [2.05, 4.69) is 0 Å². The Kier molecular flexibility index (Phi) is 10.4. The number of aliphatic hydroxyl groups is 1. The molecule has 0 fully saturated rings. The van der Waals surface area contributed by atoms with Gasteiger partial charge in [-0.25, -0.2) is 18.0 Å². The van der Waals surface area contributed by atoms with E-state index < -0.39 is 33.6 Å². The summed E-state index contributed by atoms with van der Waals surface area (Å²) in [6.07, 6.45) is -1.21. The van der Waals surface area contributed by atoms with Crippen LogP contribution in [0.3, 0.4) is 0 Å². The molecule has 0 radical (unpaired) electrons. The lowest BCUT2D eigenvalue weighted by Gasteiger charge is -2.29. The number of anilines is 1. The van der Waals surface area contributed by atoms with E-state index in [0.29, 0.717) is 17.0 Å². The van der Waals surface area contributed by atoms with Crippen LogP contribution in [0.15, 0.2) is 76.5 Å². The molecule has 0 heterocycles. The van der Waals surface area contributed by atoms with Gasteiger partial charge in [0.1, 0.15) is 5.60 Å². The summed E-state index contributed by atoms with van der Waals surface area (Å²) in [7, 11) is -3.95. The topological polar surface area (TPSA) is 136 Å². The fraction of sp³-hybridized carbons (Fsp3) is 0.333. The van der Waals surface area contributed by atoms with E-state index in [1.807, 2.05) is 0 Å². The van der Waals surface area contributed by atoms with Gasteiger partial charge in [0.15, 0.2) is 0 Å². The number of nitrogens with zero attached hydrogens (tertiary/aromatic N) is 1. The third-order valence-electron chi connectivity index (χ3n) is 6.01. The standard InChI is InChI=1S/C30H35ClN2O7S/c1-5-39-28(35)25-18-24(13-14-26(25)32)41(37,38)23-11-9-20(10-12-23)15-16-33(29(36)40-30(2,3)4)19-27(34)21-7-6-8-22(31)17-21/h6-14,17-18,27,34H,5,15-16,19,32H2,1-4H3/t27-/m0/s1. The van der Waals surface area contributed by atoms with Crippen molar-refractivity contribution in [2.45, 2.75) is 55.6 Å². The molecule has 1 amide bonds. The lowest BCUT2D eigenvalue weighted by Crippen LogP contribution is -2.40.